The molecular weight excluding hydrogens is 232 g/mol. The second-order valence-corrected chi connectivity index (χ2v) is 4.27. The lowest BCUT2D eigenvalue weighted by molar-refractivity contribution is -0.118. The summed E-state index contributed by atoms with van der Waals surface area (Å²) in [4.78, 5) is 16.7. The van der Waals surface area contributed by atoms with Crippen LogP contribution in [0.4, 0.5) is 5.69 Å². The first kappa shape index (κ1) is 14.5. The summed E-state index contributed by atoms with van der Waals surface area (Å²) in [6.07, 6.45) is 0. The zero-order valence-electron chi connectivity index (χ0n) is 11.0. The molecule has 0 bridgehead atoms. The predicted octanol–water partition coefficient (Wildman–Crippen LogP) is 1.81. The highest BCUT2D eigenvalue weighted by atomic mass is 16.6. The van der Waals surface area contributed by atoms with Gasteiger partial charge in [0, 0.05) is 0 Å². The van der Waals surface area contributed by atoms with E-state index in [1.807, 2.05) is 26.0 Å². The van der Waals surface area contributed by atoms with Gasteiger partial charge in [-0.3, -0.25) is 4.79 Å². The third kappa shape index (κ3) is 5.16. The fraction of sp³-hybridized carbons (Fsp3) is 0.462. The highest BCUT2D eigenvalue weighted by molar-refractivity contribution is 5.93. The summed E-state index contributed by atoms with van der Waals surface area (Å²) in [6, 6.07) is 7.25. The van der Waals surface area contributed by atoms with Crippen LogP contribution in [0.2, 0.25) is 0 Å². The van der Waals surface area contributed by atoms with Gasteiger partial charge in [-0.25, -0.2) is 0 Å². The Morgan fingerprint density at radius 1 is 1.33 bits per heavy atom. The Hall–Kier alpha value is -1.59. The van der Waals surface area contributed by atoms with Crippen LogP contribution in [0, 0.1) is 5.92 Å². The summed E-state index contributed by atoms with van der Waals surface area (Å²) in [5.41, 5.74) is 3.27. The van der Waals surface area contributed by atoms with Crippen molar-refractivity contribution in [3.05, 3.63) is 24.3 Å². The molecule has 0 fully saturated rings. The monoisotopic (exact) mass is 252 g/mol. The molecule has 0 aliphatic heterocycles. The van der Waals surface area contributed by atoms with E-state index >= 15 is 0 Å². The van der Waals surface area contributed by atoms with E-state index in [0.717, 1.165) is 0 Å². The molecule has 0 atom stereocenters. The lowest BCUT2D eigenvalue weighted by Gasteiger charge is -2.11. The average Bonchev–Trinajstić information content (AvgIpc) is 2.35. The zero-order chi connectivity index (χ0) is 13.4. The summed E-state index contributed by atoms with van der Waals surface area (Å²) in [5, 5.41) is 2.74. The number of anilines is 1. The fourth-order valence-electron chi connectivity index (χ4n) is 1.28. The molecule has 0 spiro atoms. The Labute approximate surface area is 107 Å². The number of hydroxylamine groups is 1. The molecule has 1 amide bonds. The van der Waals surface area contributed by atoms with Crippen molar-refractivity contribution in [2.45, 2.75) is 13.8 Å². The number of benzene rings is 1. The highest BCUT2D eigenvalue weighted by Gasteiger charge is 2.06. The van der Waals surface area contributed by atoms with E-state index < -0.39 is 0 Å². The van der Waals surface area contributed by atoms with Gasteiger partial charge in [-0.1, -0.05) is 26.0 Å². The largest absolute Gasteiger partial charge is 0.495 e. The van der Waals surface area contributed by atoms with Crippen LogP contribution in [-0.4, -0.2) is 26.2 Å². The minimum absolute atomic E-state index is 0.102. The van der Waals surface area contributed by atoms with Crippen molar-refractivity contribution in [2.24, 2.45) is 5.92 Å². The van der Waals surface area contributed by atoms with Crippen LogP contribution in [0.1, 0.15) is 13.8 Å². The molecule has 0 saturated heterocycles. The highest BCUT2D eigenvalue weighted by Crippen LogP contribution is 2.22. The van der Waals surface area contributed by atoms with Gasteiger partial charge in [-0.2, -0.15) is 5.48 Å². The maximum absolute atomic E-state index is 11.6. The molecule has 5 nitrogen and oxygen atoms in total. The minimum atomic E-state index is -0.178. The zero-order valence-corrected chi connectivity index (χ0v) is 11.0. The molecule has 0 aliphatic rings. The number of carbonyl (C=O) groups is 1. The average molecular weight is 252 g/mol. The fourth-order valence-corrected chi connectivity index (χ4v) is 1.28. The number of para-hydroxylation sites is 2. The SMILES string of the molecule is COc1ccccc1NC(=O)CNOCC(C)C. The van der Waals surface area contributed by atoms with Crippen molar-refractivity contribution in [1.82, 2.24) is 5.48 Å². The Balaban J connectivity index is 2.35. The molecule has 1 aromatic carbocycles. The van der Waals surface area contributed by atoms with Crippen molar-refractivity contribution in [2.75, 3.05) is 25.6 Å². The van der Waals surface area contributed by atoms with Crippen molar-refractivity contribution in [1.29, 1.82) is 0 Å². The molecule has 1 rings (SSSR count). The molecule has 2 N–H and O–H groups in total. The standard InChI is InChI=1S/C13H20N2O3/c1-10(2)9-18-14-8-13(16)15-11-6-4-5-7-12(11)17-3/h4-7,10,14H,8-9H2,1-3H3,(H,15,16). The molecule has 5 heteroatoms. The quantitative estimate of drug-likeness (QED) is 0.574. The van der Waals surface area contributed by atoms with E-state index in [9.17, 15) is 4.79 Å². The summed E-state index contributed by atoms with van der Waals surface area (Å²) in [6.45, 7) is 4.75. The topological polar surface area (TPSA) is 59.6 Å². The summed E-state index contributed by atoms with van der Waals surface area (Å²) < 4.78 is 5.14. The number of ether oxygens (including phenoxy) is 1. The van der Waals surface area contributed by atoms with Crippen LogP contribution < -0.4 is 15.5 Å². The van der Waals surface area contributed by atoms with Crippen molar-refractivity contribution >= 4 is 11.6 Å². The van der Waals surface area contributed by atoms with Gasteiger partial charge in [0.15, 0.2) is 0 Å². The second-order valence-electron chi connectivity index (χ2n) is 4.27. The molecule has 0 saturated carbocycles. The van der Waals surface area contributed by atoms with Gasteiger partial charge in [0.2, 0.25) is 5.91 Å². The summed E-state index contributed by atoms with van der Waals surface area (Å²) >= 11 is 0. The molecule has 0 aromatic heterocycles. The first-order valence-electron chi connectivity index (χ1n) is 5.91. The summed E-state index contributed by atoms with van der Waals surface area (Å²) in [5.74, 6) is 0.881. The first-order chi connectivity index (χ1) is 8.63. The predicted molar refractivity (Wildman–Crippen MR) is 70.4 cm³/mol. The van der Waals surface area contributed by atoms with E-state index in [0.29, 0.717) is 24.0 Å². The van der Waals surface area contributed by atoms with Crippen LogP contribution in [0.15, 0.2) is 24.3 Å². The van der Waals surface area contributed by atoms with Crippen LogP contribution in [0.3, 0.4) is 0 Å². The van der Waals surface area contributed by atoms with Crippen LogP contribution >= 0.6 is 0 Å². The smallest absolute Gasteiger partial charge is 0.240 e. The second kappa shape index (κ2) is 7.68. The summed E-state index contributed by atoms with van der Waals surface area (Å²) in [7, 11) is 1.56. The van der Waals surface area contributed by atoms with Crippen molar-refractivity contribution in [3.63, 3.8) is 0 Å². The number of rotatable bonds is 7. The number of amides is 1. The van der Waals surface area contributed by atoms with Gasteiger partial charge in [-0.15, -0.1) is 0 Å². The van der Waals surface area contributed by atoms with Crippen molar-refractivity contribution in [3.8, 4) is 5.75 Å². The molecule has 1 aromatic rings. The molecule has 0 aliphatic carbocycles. The molecule has 0 heterocycles. The van der Waals surface area contributed by atoms with Gasteiger partial charge >= 0.3 is 0 Å². The normalized spacial score (nSPS) is 10.4. The molecule has 18 heavy (non-hydrogen) atoms. The van der Waals surface area contributed by atoms with Gasteiger partial charge in [0.05, 0.1) is 19.4 Å². The minimum Gasteiger partial charge on any atom is -0.495 e. The Morgan fingerprint density at radius 2 is 2.06 bits per heavy atom. The van der Waals surface area contributed by atoms with Crippen molar-refractivity contribution < 1.29 is 14.4 Å². The van der Waals surface area contributed by atoms with Gasteiger partial charge < -0.3 is 14.9 Å². The molecular formula is C13H20N2O3. The van der Waals surface area contributed by atoms with Gasteiger partial charge in [-0.05, 0) is 18.1 Å². The molecule has 0 radical (unpaired) electrons. The van der Waals surface area contributed by atoms with Gasteiger partial charge in [0.25, 0.3) is 0 Å². The molecule has 0 unspecified atom stereocenters. The number of methoxy groups -OCH3 is 1. The van der Waals surface area contributed by atoms with E-state index in [2.05, 4.69) is 10.8 Å². The Bertz CT molecular complexity index is 380. The molecule has 100 valence electrons. The van der Waals surface area contributed by atoms with Crippen LogP contribution in [0.5, 0.6) is 5.75 Å². The van der Waals surface area contributed by atoms with Crippen LogP contribution in [-0.2, 0) is 9.63 Å². The Morgan fingerprint density at radius 3 is 2.72 bits per heavy atom. The third-order valence-electron chi connectivity index (χ3n) is 2.13. The number of hydrogen-bond donors (Lipinski definition) is 2. The van der Waals surface area contributed by atoms with E-state index in [1.165, 1.54) is 0 Å². The lowest BCUT2D eigenvalue weighted by atomic mass is 10.2. The number of nitrogens with one attached hydrogen (secondary N) is 2. The maximum atomic E-state index is 11.6. The lowest BCUT2D eigenvalue weighted by Crippen LogP contribution is -2.29. The first-order valence-corrected chi connectivity index (χ1v) is 5.91. The number of hydrogen-bond acceptors (Lipinski definition) is 4. The van der Waals surface area contributed by atoms with E-state index in [1.54, 1.807) is 19.2 Å². The number of carbonyl (C=O) groups excluding carboxylic acids is 1. The van der Waals surface area contributed by atoms with E-state index in [4.69, 9.17) is 9.57 Å². The third-order valence-corrected chi connectivity index (χ3v) is 2.13. The van der Waals surface area contributed by atoms with Crippen LogP contribution in [0.25, 0.3) is 0 Å². The maximum Gasteiger partial charge on any atom is 0.240 e. The van der Waals surface area contributed by atoms with Gasteiger partial charge in [0.1, 0.15) is 12.3 Å². The Kier molecular flexibility index (Phi) is 6.18. The van der Waals surface area contributed by atoms with E-state index in [-0.39, 0.29) is 12.5 Å².